The molecule has 1 aliphatic heterocycles. The molecule has 3 atom stereocenters. The Bertz CT molecular complexity index is 101. The normalized spacial score (nSPS) is 41.7. The van der Waals surface area contributed by atoms with E-state index in [-0.39, 0.29) is 0 Å². The van der Waals surface area contributed by atoms with Crippen LogP contribution in [0.1, 0.15) is 33.6 Å². The third-order valence-electron chi connectivity index (χ3n) is 2.78. The van der Waals surface area contributed by atoms with Gasteiger partial charge in [0.25, 0.3) is 0 Å². The van der Waals surface area contributed by atoms with Crippen LogP contribution in [0.5, 0.6) is 0 Å². The maximum atomic E-state index is 3.51. The van der Waals surface area contributed by atoms with E-state index in [1.165, 1.54) is 19.4 Å². The maximum Gasteiger partial charge on any atom is 0.00414 e. The van der Waals surface area contributed by atoms with E-state index < -0.39 is 0 Å². The Labute approximate surface area is 64.2 Å². The van der Waals surface area contributed by atoms with Crippen molar-refractivity contribution in [2.45, 2.75) is 39.7 Å². The van der Waals surface area contributed by atoms with Crippen LogP contribution in [0.3, 0.4) is 0 Å². The maximum absolute atomic E-state index is 3.51. The van der Waals surface area contributed by atoms with Gasteiger partial charge in [-0.1, -0.05) is 20.3 Å². The summed E-state index contributed by atoms with van der Waals surface area (Å²) in [5.41, 5.74) is 0. The zero-order valence-electron chi connectivity index (χ0n) is 7.35. The first kappa shape index (κ1) is 8.06. The topological polar surface area (TPSA) is 12.0 Å². The van der Waals surface area contributed by atoms with E-state index in [1.807, 2.05) is 0 Å². The summed E-state index contributed by atoms with van der Waals surface area (Å²) >= 11 is 0. The van der Waals surface area contributed by atoms with E-state index in [4.69, 9.17) is 0 Å². The van der Waals surface area contributed by atoms with E-state index in [0.29, 0.717) is 0 Å². The Morgan fingerprint density at radius 1 is 1.40 bits per heavy atom. The fourth-order valence-electron chi connectivity index (χ4n) is 1.93. The standard InChI is InChI=1S/C9H19N/c1-4-9-6-10-8(3)5-7(9)2/h7-10H,4-6H2,1-3H3. The van der Waals surface area contributed by atoms with E-state index in [0.717, 1.165) is 17.9 Å². The smallest absolute Gasteiger partial charge is 0.00414 e. The lowest BCUT2D eigenvalue weighted by atomic mass is 9.83. The highest BCUT2D eigenvalue weighted by Gasteiger charge is 2.22. The third-order valence-corrected chi connectivity index (χ3v) is 2.78. The minimum Gasteiger partial charge on any atom is -0.314 e. The molecule has 1 nitrogen and oxygen atoms in total. The second-order valence-electron chi connectivity index (χ2n) is 3.69. The molecule has 0 aromatic heterocycles. The van der Waals surface area contributed by atoms with Crippen LogP contribution in [0.25, 0.3) is 0 Å². The largest absolute Gasteiger partial charge is 0.314 e. The molecule has 0 spiro atoms. The summed E-state index contributed by atoms with van der Waals surface area (Å²) < 4.78 is 0. The number of rotatable bonds is 1. The Kier molecular flexibility index (Phi) is 2.72. The van der Waals surface area contributed by atoms with Crippen molar-refractivity contribution in [3.05, 3.63) is 0 Å². The van der Waals surface area contributed by atoms with E-state index in [1.54, 1.807) is 0 Å². The number of nitrogens with one attached hydrogen (secondary N) is 1. The van der Waals surface area contributed by atoms with Crippen LogP contribution in [0.15, 0.2) is 0 Å². The minimum atomic E-state index is 0.748. The van der Waals surface area contributed by atoms with Gasteiger partial charge in [0.15, 0.2) is 0 Å². The van der Waals surface area contributed by atoms with Crippen LogP contribution < -0.4 is 5.32 Å². The second kappa shape index (κ2) is 3.38. The Morgan fingerprint density at radius 2 is 2.10 bits per heavy atom. The van der Waals surface area contributed by atoms with E-state index in [9.17, 15) is 0 Å². The van der Waals surface area contributed by atoms with Crippen molar-refractivity contribution < 1.29 is 0 Å². The molecule has 1 fully saturated rings. The Morgan fingerprint density at radius 3 is 2.60 bits per heavy atom. The summed E-state index contributed by atoms with van der Waals surface area (Å²) in [5, 5.41) is 3.51. The van der Waals surface area contributed by atoms with Gasteiger partial charge in [-0.05, 0) is 31.7 Å². The summed E-state index contributed by atoms with van der Waals surface area (Å²) in [6.45, 7) is 8.19. The molecule has 0 amide bonds. The summed E-state index contributed by atoms with van der Waals surface area (Å²) in [4.78, 5) is 0. The van der Waals surface area contributed by atoms with Gasteiger partial charge in [-0.25, -0.2) is 0 Å². The summed E-state index contributed by atoms with van der Waals surface area (Å²) in [7, 11) is 0. The average Bonchev–Trinajstić information content (AvgIpc) is 1.88. The van der Waals surface area contributed by atoms with E-state index in [2.05, 4.69) is 26.1 Å². The lowest BCUT2D eigenvalue weighted by Crippen LogP contribution is -2.41. The van der Waals surface area contributed by atoms with Crippen LogP contribution in [-0.4, -0.2) is 12.6 Å². The first-order valence-corrected chi connectivity index (χ1v) is 4.47. The quantitative estimate of drug-likeness (QED) is 0.589. The fourth-order valence-corrected chi connectivity index (χ4v) is 1.93. The van der Waals surface area contributed by atoms with Crippen molar-refractivity contribution >= 4 is 0 Å². The predicted octanol–water partition coefficient (Wildman–Crippen LogP) is 2.03. The fraction of sp³-hybridized carbons (Fsp3) is 1.00. The molecule has 60 valence electrons. The molecular weight excluding hydrogens is 122 g/mol. The van der Waals surface area contributed by atoms with Crippen molar-refractivity contribution in [3.8, 4) is 0 Å². The van der Waals surface area contributed by atoms with Gasteiger partial charge in [0.05, 0.1) is 0 Å². The average molecular weight is 141 g/mol. The first-order valence-electron chi connectivity index (χ1n) is 4.47. The highest BCUT2D eigenvalue weighted by atomic mass is 14.9. The van der Waals surface area contributed by atoms with Gasteiger partial charge in [-0.2, -0.15) is 0 Å². The van der Waals surface area contributed by atoms with Crippen molar-refractivity contribution in [1.29, 1.82) is 0 Å². The zero-order chi connectivity index (χ0) is 7.56. The summed E-state index contributed by atoms with van der Waals surface area (Å²) in [5.74, 6) is 1.86. The molecule has 1 aliphatic rings. The molecular formula is C9H19N. The van der Waals surface area contributed by atoms with E-state index >= 15 is 0 Å². The molecule has 10 heavy (non-hydrogen) atoms. The molecule has 0 saturated carbocycles. The molecule has 0 aromatic carbocycles. The number of hydrogen-bond donors (Lipinski definition) is 1. The molecule has 1 rings (SSSR count). The van der Waals surface area contributed by atoms with Crippen molar-refractivity contribution in [1.82, 2.24) is 5.32 Å². The van der Waals surface area contributed by atoms with Crippen molar-refractivity contribution in [3.63, 3.8) is 0 Å². The highest BCUT2D eigenvalue weighted by Crippen LogP contribution is 2.23. The SMILES string of the molecule is CCC1CNC(C)CC1C. The van der Waals surface area contributed by atoms with Gasteiger partial charge in [-0.15, -0.1) is 0 Å². The lowest BCUT2D eigenvalue weighted by molar-refractivity contribution is 0.228. The van der Waals surface area contributed by atoms with Crippen LogP contribution in [0.4, 0.5) is 0 Å². The summed E-state index contributed by atoms with van der Waals surface area (Å²) in [6.07, 6.45) is 2.69. The summed E-state index contributed by atoms with van der Waals surface area (Å²) in [6, 6.07) is 0.748. The van der Waals surface area contributed by atoms with Crippen molar-refractivity contribution in [2.24, 2.45) is 11.8 Å². The molecule has 0 bridgehead atoms. The minimum absolute atomic E-state index is 0.748. The molecule has 1 N–H and O–H groups in total. The van der Waals surface area contributed by atoms with Gasteiger partial charge in [0.1, 0.15) is 0 Å². The third kappa shape index (κ3) is 1.72. The molecule has 1 heteroatoms. The molecule has 1 saturated heterocycles. The molecule has 1 heterocycles. The van der Waals surface area contributed by atoms with Gasteiger partial charge < -0.3 is 5.32 Å². The molecule has 3 unspecified atom stereocenters. The lowest BCUT2D eigenvalue weighted by Gasteiger charge is -2.32. The van der Waals surface area contributed by atoms with Gasteiger partial charge >= 0.3 is 0 Å². The monoisotopic (exact) mass is 141 g/mol. The second-order valence-corrected chi connectivity index (χ2v) is 3.69. The number of hydrogen-bond acceptors (Lipinski definition) is 1. The van der Waals surface area contributed by atoms with Crippen LogP contribution in [-0.2, 0) is 0 Å². The predicted molar refractivity (Wildman–Crippen MR) is 45.0 cm³/mol. The Balaban J connectivity index is 2.36. The van der Waals surface area contributed by atoms with Gasteiger partial charge in [-0.3, -0.25) is 0 Å². The van der Waals surface area contributed by atoms with Crippen molar-refractivity contribution in [2.75, 3.05) is 6.54 Å². The van der Waals surface area contributed by atoms with Gasteiger partial charge in [0, 0.05) is 6.04 Å². The van der Waals surface area contributed by atoms with Crippen LogP contribution in [0.2, 0.25) is 0 Å². The van der Waals surface area contributed by atoms with Gasteiger partial charge in [0.2, 0.25) is 0 Å². The Hall–Kier alpha value is -0.0400. The van der Waals surface area contributed by atoms with Crippen LogP contribution in [0, 0.1) is 11.8 Å². The van der Waals surface area contributed by atoms with Crippen LogP contribution >= 0.6 is 0 Å². The zero-order valence-corrected chi connectivity index (χ0v) is 7.35. The molecule has 0 aliphatic carbocycles. The molecule has 0 radical (unpaired) electrons. The molecule has 0 aromatic rings. The number of piperidine rings is 1. The highest BCUT2D eigenvalue weighted by molar-refractivity contribution is 4.78. The first-order chi connectivity index (χ1) is 4.74.